The summed E-state index contributed by atoms with van der Waals surface area (Å²) in [4.78, 5) is 29.1. The van der Waals surface area contributed by atoms with Crippen LogP contribution >= 0.6 is 0 Å². The Bertz CT molecular complexity index is 1550. The number of ketones is 1. The van der Waals surface area contributed by atoms with Gasteiger partial charge in [0.25, 0.3) is 0 Å². The smallest absolute Gasteiger partial charge is 0.214 e. The Kier molecular flexibility index (Phi) is 5.16. The lowest BCUT2D eigenvalue weighted by Gasteiger charge is -2.32. The minimum atomic E-state index is -0.177. The first kappa shape index (κ1) is 21.6. The number of carbonyl (C=O) groups excluding carboxylic acids is 1. The molecule has 35 heavy (non-hydrogen) atoms. The van der Waals surface area contributed by atoms with Crippen LogP contribution in [0.5, 0.6) is 0 Å². The van der Waals surface area contributed by atoms with Gasteiger partial charge in [0.2, 0.25) is 5.78 Å². The summed E-state index contributed by atoms with van der Waals surface area (Å²) < 4.78 is 1.58. The van der Waals surface area contributed by atoms with E-state index >= 15 is 0 Å². The highest BCUT2D eigenvalue weighted by Crippen LogP contribution is 2.25. The van der Waals surface area contributed by atoms with Crippen LogP contribution in [0.3, 0.4) is 0 Å². The molecule has 0 aliphatic carbocycles. The molecule has 1 fully saturated rings. The first-order chi connectivity index (χ1) is 16.9. The number of likely N-dealkylation sites (N-methyl/N-ethyl adjacent to an activating group) is 1. The number of nitrogen functional groups attached to an aromatic ring is 1. The third-order valence-electron chi connectivity index (χ3n) is 6.81. The van der Waals surface area contributed by atoms with Crippen molar-refractivity contribution in [1.29, 1.82) is 0 Å². The van der Waals surface area contributed by atoms with E-state index in [0.717, 1.165) is 66.2 Å². The van der Waals surface area contributed by atoms with Crippen molar-refractivity contribution in [3.63, 3.8) is 0 Å². The van der Waals surface area contributed by atoms with E-state index < -0.39 is 0 Å². The second-order valence-corrected chi connectivity index (χ2v) is 9.39. The third kappa shape index (κ3) is 3.98. The minimum Gasteiger partial charge on any atom is -0.383 e. The molecule has 0 saturated carbocycles. The summed E-state index contributed by atoms with van der Waals surface area (Å²) in [5.74, 6) is 0.969. The fraction of sp³-hybridized carbons (Fsp3) is 0.269. The van der Waals surface area contributed by atoms with Gasteiger partial charge in [-0.1, -0.05) is 12.1 Å². The van der Waals surface area contributed by atoms with Gasteiger partial charge in [-0.05, 0) is 49.9 Å². The van der Waals surface area contributed by atoms with Gasteiger partial charge < -0.3 is 20.6 Å². The molecule has 0 radical (unpaired) electrons. The van der Waals surface area contributed by atoms with Crippen LogP contribution in [-0.4, -0.2) is 73.5 Å². The zero-order valence-electron chi connectivity index (χ0n) is 19.9. The van der Waals surface area contributed by atoms with E-state index in [0.29, 0.717) is 17.1 Å². The molecule has 1 aliphatic rings. The van der Waals surface area contributed by atoms with Crippen LogP contribution in [-0.2, 0) is 6.54 Å². The highest BCUT2D eigenvalue weighted by atomic mass is 16.1. The number of nitrogens with one attached hydrogen (secondary N) is 2. The van der Waals surface area contributed by atoms with Gasteiger partial charge in [0.1, 0.15) is 11.6 Å². The molecule has 0 amide bonds. The molecule has 0 spiro atoms. The zero-order chi connectivity index (χ0) is 24.1. The van der Waals surface area contributed by atoms with E-state index in [1.165, 1.54) is 11.8 Å². The van der Waals surface area contributed by atoms with E-state index in [4.69, 9.17) is 5.73 Å². The van der Waals surface area contributed by atoms with E-state index in [-0.39, 0.29) is 5.78 Å². The number of hydrogen-bond donors (Lipinski definition) is 3. The second kappa shape index (κ2) is 8.37. The van der Waals surface area contributed by atoms with Crippen LogP contribution in [0.4, 0.5) is 5.82 Å². The maximum atomic E-state index is 13.3. The number of hydrogen-bond acceptors (Lipinski definition) is 6. The zero-order valence-corrected chi connectivity index (χ0v) is 19.9. The highest BCUT2D eigenvalue weighted by molar-refractivity contribution is 6.12. The lowest BCUT2D eigenvalue weighted by molar-refractivity contribution is 0.103. The molecule has 1 aliphatic heterocycles. The molecule has 9 heteroatoms. The third-order valence-corrected chi connectivity index (χ3v) is 6.81. The molecule has 0 atom stereocenters. The second-order valence-electron chi connectivity index (χ2n) is 9.39. The Morgan fingerprint density at radius 3 is 2.69 bits per heavy atom. The number of H-pyrrole nitrogens is 2. The number of aromatic amines is 2. The van der Waals surface area contributed by atoms with Gasteiger partial charge in [0, 0.05) is 43.6 Å². The van der Waals surface area contributed by atoms with Crippen molar-refractivity contribution in [2.75, 3.05) is 39.0 Å². The number of rotatable bonds is 5. The summed E-state index contributed by atoms with van der Waals surface area (Å²) in [6, 6.07) is 14.0. The van der Waals surface area contributed by atoms with Gasteiger partial charge in [-0.15, -0.1) is 0 Å². The van der Waals surface area contributed by atoms with E-state index in [1.54, 1.807) is 4.68 Å². The summed E-state index contributed by atoms with van der Waals surface area (Å²) in [7, 11) is 2.16. The van der Waals surface area contributed by atoms with Crippen LogP contribution in [0, 0.1) is 6.92 Å². The standard InChI is InChI=1S/C26H28N8O/c1-16-29-21-6-5-19(13-23(21)30-16)34-26(27)20(14-28-34)25(35)24-12-18-4-3-17(11-22(18)31-24)15-33-9-7-32(2)8-10-33/h3-6,11-14,31H,7-10,15,27H2,1-2H3,(H,29,30). The van der Waals surface area contributed by atoms with Crippen molar-refractivity contribution in [2.45, 2.75) is 13.5 Å². The summed E-state index contributed by atoms with van der Waals surface area (Å²) in [6.07, 6.45) is 1.53. The maximum Gasteiger partial charge on any atom is 0.214 e. The number of benzene rings is 2. The number of fused-ring (bicyclic) bond motifs is 2. The van der Waals surface area contributed by atoms with Crippen LogP contribution in [0.25, 0.3) is 27.6 Å². The van der Waals surface area contributed by atoms with Gasteiger partial charge in [0.15, 0.2) is 0 Å². The van der Waals surface area contributed by atoms with Crippen molar-refractivity contribution in [1.82, 2.24) is 34.5 Å². The number of carbonyl (C=O) groups is 1. The highest BCUT2D eigenvalue weighted by Gasteiger charge is 2.20. The summed E-state index contributed by atoms with van der Waals surface area (Å²) in [5.41, 5.74) is 12.0. The Balaban J connectivity index is 1.25. The number of imidazole rings is 1. The topological polar surface area (TPSA) is 112 Å². The molecular weight excluding hydrogens is 440 g/mol. The molecular formula is C26H28N8O. The number of nitrogens with zero attached hydrogens (tertiary/aromatic N) is 5. The Morgan fingerprint density at radius 1 is 1.03 bits per heavy atom. The van der Waals surface area contributed by atoms with Crippen molar-refractivity contribution in [3.8, 4) is 5.69 Å². The number of anilines is 1. The molecule has 4 N–H and O–H groups in total. The number of nitrogens with two attached hydrogens (primary N) is 1. The van der Waals surface area contributed by atoms with Crippen LogP contribution in [0.15, 0.2) is 48.7 Å². The van der Waals surface area contributed by atoms with Gasteiger partial charge in [-0.3, -0.25) is 9.69 Å². The molecule has 5 aromatic rings. The number of aryl methyl sites for hydroxylation is 1. The Labute approximate surface area is 202 Å². The van der Waals surface area contributed by atoms with Crippen LogP contribution < -0.4 is 5.73 Å². The lowest BCUT2D eigenvalue weighted by Crippen LogP contribution is -2.43. The number of piperazine rings is 1. The fourth-order valence-electron chi connectivity index (χ4n) is 4.80. The molecule has 1 saturated heterocycles. The minimum absolute atomic E-state index is 0.177. The summed E-state index contributed by atoms with van der Waals surface area (Å²) in [6.45, 7) is 7.14. The first-order valence-electron chi connectivity index (χ1n) is 11.8. The fourth-order valence-corrected chi connectivity index (χ4v) is 4.80. The molecule has 6 rings (SSSR count). The molecule has 0 unspecified atom stereocenters. The maximum absolute atomic E-state index is 13.3. The largest absolute Gasteiger partial charge is 0.383 e. The van der Waals surface area contributed by atoms with E-state index in [9.17, 15) is 4.79 Å². The lowest BCUT2D eigenvalue weighted by atomic mass is 10.1. The van der Waals surface area contributed by atoms with E-state index in [1.807, 2.05) is 31.2 Å². The Hall–Kier alpha value is -3.95. The predicted molar refractivity (Wildman–Crippen MR) is 137 cm³/mol. The summed E-state index contributed by atoms with van der Waals surface area (Å²) >= 11 is 0. The van der Waals surface area contributed by atoms with Gasteiger partial charge in [-0.2, -0.15) is 5.10 Å². The van der Waals surface area contributed by atoms with Crippen molar-refractivity contribution in [2.24, 2.45) is 0 Å². The quantitative estimate of drug-likeness (QED) is 0.342. The van der Waals surface area contributed by atoms with Gasteiger partial charge in [-0.25, -0.2) is 9.67 Å². The molecule has 4 heterocycles. The molecule has 0 bridgehead atoms. The number of aromatic nitrogens is 5. The first-order valence-corrected chi connectivity index (χ1v) is 11.8. The Morgan fingerprint density at radius 2 is 1.86 bits per heavy atom. The molecule has 178 valence electrons. The van der Waals surface area contributed by atoms with Crippen LogP contribution in [0.1, 0.15) is 27.4 Å². The summed E-state index contributed by atoms with van der Waals surface area (Å²) in [5, 5.41) is 5.40. The van der Waals surface area contributed by atoms with E-state index in [2.05, 4.69) is 55.1 Å². The van der Waals surface area contributed by atoms with Crippen LogP contribution in [0.2, 0.25) is 0 Å². The molecule has 3 aromatic heterocycles. The van der Waals surface area contributed by atoms with Gasteiger partial charge in [0.05, 0.1) is 34.2 Å². The molecule has 9 nitrogen and oxygen atoms in total. The SMILES string of the molecule is Cc1nc2ccc(-n3ncc(C(=O)c4cc5ccc(CN6CCN(C)CC6)cc5[nH]4)c3N)cc2[nH]1. The predicted octanol–water partition coefficient (Wildman–Crippen LogP) is 3.10. The molecule has 2 aromatic carbocycles. The van der Waals surface area contributed by atoms with Gasteiger partial charge >= 0.3 is 0 Å². The normalized spacial score (nSPS) is 15.4. The van der Waals surface area contributed by atoms with Crippen molar-refractivity contribution in [3.05, 3.63) is 71.3 Å². The average Bonchev–Trinajstić information content (AvgIpc) is 3.55. The van der Waals surface area contributed by atoms with Crippen molar-refractivity contribution < 1.29 is 4.79 Å². The van der Waals surface area contributed by atoms with Crippen molar-refractivity contribution >= 4 is 33.5 Å². The monoisotopic (exact) mass is 468 g/mol. The average molecular weight is 469 g/mol.